The molecule has 64 valence electrons. The summed E-state index contributed by atoms with van der Waals surface area (Å²) in [6, 6.07) is 2.68. The highest BCUT2D eigenvalue weighted by atomic mass is 16.4. The normalized spacial score (nSPS) is 9.75. The first kappa shape index (κ1) is 8.39. The largest absolute Gasteiger partial charge is 0.507 e. The number of phenols is 2. The second-order valence-corrected chi connectivity index (χ2v) is 2.43. The molecule has 1 rings (SSSR count). The molecule has 0 spiro atoms. The molecule has 0 aliphatic carbocycles. The van der Waals surface area contributed by atoms with Crippen LogP contribution in [0.25, 0.3) is 0 Å². The maximum Gasteiger partial charge on any atom is 0.343 e. The molecular formula is C8H8O4. The van der Waals surface area contributed by atoms with Crippen LogP contribution in [0, 0.1) is 6.92 Å². The summed E-state index contributed by atoms with van der Waals surface area (Å²) in [5, 5.41) is 26.8. The van der Waals surface area contributed by atoms with E-state index < -0.39 is 17.3 Å². The van der Waals surface area contributed by atoms with Crippen molar-refractivity contribution in [2.75, 3.05) is 0 Å². The van der Waals surface area contributed by atoms with Gasteiger partial charge >= 0.3 is 5.97 Å². The van der Waals surface area contributed by atoms with Crippen molar-refractivity contribution < 1.29 is 20.1 Å². The molecular weight excluding hydrogens is 160 g/mol. The lowest BCUT2D eigenvalue weighted by molar-refractivity contribution is 0.0690. The molecule has 1 aromatic carbocycles. The second kappa shape index (κ2) is 2.73. The fourth-order valence-corrected chi connectivity index (χ4v) is 0.896. The first-order chi connectivity index (χ1) is 5.54. The molecule has 0 fully saturated rings. The van der Waals surface area contributed by atoms with Gasteiger partial charge in [-0.1, -0.05) is 6.07 Å². The Morgan fingerprint density at radius 1 is 1.33 bits per heavy atom. The van der Waals surface area contributed by atoms with Crippen LogP contribution in [0.5, 0.6) is 11.5 Å². The Bertz CT molecular complexity index is 330. The highest BCUT2D eigenvalue weighted by molar-refractivity contribution is 5.94. The van der Waals surface area contributed by atoms with Crippen molar-refractivity contribution in [3.8, 4) is 11.5 Å². The van der Waals surface area contributed by atoms with Gasteiger partial charge in [0.15, 0.2) is 0 Å². The van der Waals surface area contributed by atoms with Crippen molar-refractivity contribution in [1.29, 1.82) is 0 Å². The molecule has 0 aliphatic heterocycles. The zero-order chi connectivity index (χ0) is 9.30. The molecule has 0 amide bonds. The van der Waals surface area contributed by atoms with Crippen molar-refractivity contribution in [3.05, 3.63) is 23.3 Å². The zero-order valence-corrected chi connectivity index (χ0v) is 6.40. The van der Waals surface area contributed by atoms with Crippen LogP contribution in [0.2, 0.25) is 0 Å². The minimum atomic E-state index is -1.34. The van der Waals surface area contributed by atoms with Gasteiger partial charge in [0, 0.05) is 0 Å². The van der Waals surface area contributed by atoms with Crippen molar-refractivity contribution in [2.24, 2.45) is 0 Å². The number of hydrogen-bond acceptors (Lipinski definition) is 3. The van der Waals surface area contributed by atoms with Crippen molar-refractivity contribution in [3.63, 3.8) is 0 Å². The van der Waals surface area contributed by atoms with Crippen LogP contribution in [-0.2, 0) is 0 Å². The first-order valence-corrected chi connectivity index (χ1v) is 3.29. The number of hydrogen-bond donors (Lipinski definition) is 3. The molecule has 0 radical (unpaired) electrons. The van der Waals surface area contributed by atoms with E-state index in [0.717, 1.165) is 0 Å². The van der Waals surface area contributed by atoms with Crippen LogP contribution in [0.15, 0.2) is 12.1 Å². The molecule has 0 bridgehead atoms. The monoisotopic (exact) mass is 168 g/mol. The lowest BCUT2D eigenvalue weighted by Gasteiger charge is -2.04. The summed E-state index contributed by atoms with van der Waals surface area (Å²) in [6.07, 6.45) is 0. The molecule has 0 saturated heterocycles. The van der Waals surface area contributed by atoms with Crippen LogP contribution in [0.1, 0.15) is 15.9 Å². The summed E-state index contributed by atoms with van der Waals surface area (Å²) in [4.78, 5) is 10.5. The van der Waals surface area contributed by atoms with E-state index in [-0.39, 0.29) is 5.75 Å². The molecule has 3 N–H and O–H groups in total. The minimum Gasteiger partial charge on any atom is -0.507 e. The second-order valence-electron chi connectivity index (χ2n) is 2.43. The Balaban J connectivity index is 3.43. The third-order valence-electron chi connectivity index (χ3n) is 1.57. The predicted molar refractivity (Wildman–Crippen MR) is 41.5 cm³/mol. The summed E-state index contributed by atoms with van der Waals surface area (Å²) in [5.74, 6) is -2.15. The van der Waals surface area contributed by atoms with Crippen molar-refractivity contribution >= 4 is 5.97 Å². The summed E-state index contributed by atoms with van der Waals surface area (Å²) in [7, 11) is 0. The molecule has 1 aromatic rings. The van der Waals surface area contributed by atoms with Gasteiger partial charge in [0.05, 0.1) is 0 Å². The minimum absolute atomic E-state index is 0.387. The van der Waals surface area contributed by atoms with E-state index >= 15 is 0 Å². The Morgan fingerprint density at radius 3 is 2.33 bits per heavy atom. The Hall–Kier alpha value is -1.71. The Morgan fingerprint density at radius 2 is 1.92 bits per heavy atom. The van der Waals surface area contributed by atoms with Gasteiger partial charge < -0.3 is 15.3 Å². The van der Waals surface area contributed by atoms with Crippen LogP contribution < -0.4 is 0 Å². The van der Waals surface area contributed by atoms with Gasteiger partial charge in [-0.05, 0) is 18.6 Å². The van der Waals surface area contributed by atoms with Gasteiger partial charge in [0.2, 0.25) is 0 Å². The first-order valence-electron chi connectivity index (χ1n) is 3.29. The highest BCUT2D eigenvalue weighted by Gasteiger charge is 2.16. The molecule has 0 atom stereocenters. The smallest absolute Gasteiger partial charge is 0.343 e. The van der Waals surface area contributed by atoms with E-state index in [4.69, 9.17) is 10.2 Å². The highest BCUT2D eigenvalue weighted by Crippen LogP contribution is 2.29. The quantitative estimate of drug-likeness (QED) is 0.586. The van der Waals surface area contributed by atoms with E-state index in [1.54, 1.807) is 6.92 Å². The summed E-state index contributed by atoms with van der Waals surface area (Å²) in [5.41, 5.74) is -0.0276. The molecule has 0 aliphatic rings. The van der Waals surface area contributed by atoms with Gasteiger partial charge in [-0.25, -0.2) is 4.79 Å². The van der Waals surface area contributed by atoms with Crippen molar-refractivity contribution in [2.45, 2.75) is 6.92 Å². The number of aryl methyl sites for hydroxylation is 1. The Labute approximate surface area is 68.7 Å². The zero-order valence-electron chi connectivity index (χ0n) is 6.40. The molecule has 0 unspecified atom stereocenters. The van der Waals surface area contributed by atoms with E-state index in [2.05, 4.69) is 0 Å². The Kier molecular flexibility index (Phi) is 1.91. The fraction of sp³-hybridized carbons (Fsp3) is 0.125. The topological polar surface area (TPSA) is 77.8 Å². The lowest BCUT2D eigenvalue weighted by Crippen LogP contribution is -1.98. The number of aromatic hydroxyl groups is 2. The average molecular weight is 168 g/mol. The molecule has 4 nitrogen and oxygen atoms in total. The number of carboxylic acid groups (broad SMARTS) is 1. The average Bonchev–Trinajstić information content (AvgIpc) is 1.97. The lowest BCUT2D eigenvalue weighted by atomic mass is 10.1. The molecule has 4 heteroatoms. The number of carboxylic acids is 1. The number of benzene rings is 1. The van der Waals surface area contributed by atoms with E-state index in [9.17, 15) is 9.90 Å². The van der Waals surface area contributed by atoms with Crippen LogP contribution in [-0.4, -0.2) is 21.3 Å². The van der Waals surface area contributed by atoms with Gasteiger partial charge in [-0.2, -0.15) is 0 Å². The van der Waals surface area contributed by atoms with Gasteiger partial charge in [-0.15, -0.1) is 0 Å². The molecule has 0 aromatic heterocycles. The molecule has 0 saturated carbocycles. The van der Waals surface area contributed by atoms with Crippen LogP contribution in [0.4, 0.5) is 0 Å². The molecule has 0 heterocycles. The maximum atomic E-state index is 10.5. The summed E-state index contributed by atoms with van der Waals surface area (Å²) in [6.45, 7) is 1.56. The molecule has 12 heavy (non-hydrogen) atoms. The maximum absolute atomic E-state index is 10.5. The fourth-order valence-electron chi connectivity index (χ4n) is 0.896. The number of carbonyl (C=O) groups is 1. The third-order valence-corrected chi connectivity index (χ3v) is 1.57. The summed E-state index contributed by atoms with van der Waals surface area (Å²) >= 11 is 0. The van der Waals surface area contributed by atoms with E-state index in [0.29, 0.717) is 5.56 Å². The third kappa shape index (κ3) is 1.18. The van der Waals surface area contributed by atoms with Crippen LogP contribution in [0.3, 0.4) is 0 Å². The number of rotatable bonds is 1. The van der Waals surface area contributed by atoms with Crippen molar-refractivity contribution in [1.82, 2.24) is 0 Å². The van der Waals surface area contributed by atoms with Gasteiger partial charge in [-0.3, -0.25) is 0 Å². The van der Waals surface area contributed by atoms with E-state index in [1.807, 2.05) is 0 Å². The number of aromatic carboxylic acids is 1. The van der Waals surface area contributed by atoms with Gasteiger partial charge in [0.25, 0.3) is 0 Å². The SMILES string of the molecule is Cc1ccc(O)c(C(=O)O)c1O. The van der Waals surface area contributed by atoms with E-state index in [1.165, 1.54) is 12.1 Å². The van der Waals surface area contributed by atoms with Crippen LogP contribution >= 0.6 is 0 Å². The predicted octanol–water partition coefficient (Wildman–Crippen LogP) is 1.10. The van der Waals surface area contributed by atoms with Gasteiger partial charge in [0.1, 0.15) is 17.1 Å². The summed E-state index contributed by atoms with van der Waals surface area (Å²) < 4.78 is 0. The standard InChI is InChI=1S/C8H8O4/c1-4-2-3-5(9)6(7(4)10)8(11)12/h2-3,9-10H,1H3,(H,11,12).